The number of rotatable bonds is 9. The lowest BCUT2D eigenvalue weighted by Gasteiger charge is -2.21. The summed E-state index contributed by atoms with van der Waals surface area (Å²) in [5.74, 6) is -1.55. The SMILES string of the molecule is CCCN(CCC)C(=O)CCC(=O)N[C@@H](C)C(=O)O. The molecule has 6 nitrogen and oxygen atoms in total. The molecular formula is C13H24N2O4. The molecule has 0 aromatic heterocycles. The van der Waals surface area contributed by atoms with Crippen LogP contribution in [0.15, 0.2) is 0 Å². The van der Waals surface area contributed by atoms with E-state index >= 15 is 0 Å². The van der Waals surface area contributed by atoms with E-state index in [1.807, 2.05) is 13.8 Å². The zero-order chi connectivity index (χ0) is 14.8. The van der Waals surface area contributed by atoms with E-state index in [9.17, 15) is 14.4 Å². The Balaban J connectivity index is 4.12. The number of carbonyl (C=O) groups excluding carboxylic acids is 2. The maximum Gasteiger partial charge on any atom is 0.325 e. The average molecular weight is 272 g/mol. The minimum Gasteiger partial charge on any atom is -0.480 e. The summed E-state index contributed by atoms with van der Waals surface area (Å²) in [4.78, 5) is 35.6. The van der Waals surface area contributed by atoms with Crippen molar-refractivity contribution in [2.24, 2.45) is 0 Å². The number of nitrogens with zero attached hydrogens (tertiary/aromatic N) is 1. The number of carboxylic acid groups (broad SMARTS) is 1. The van der Waals surface area contributed by atoms with Gasteiger partial charge in [-0.2, -0.15) is 0 Å². The lowest BCUT2D eigenvalue weighted by atomic mass is 10.2. The normalized spacial score (nSPS) is 11.7. The van der Waals surface area contributed by atoms with Crippen molar-refractivity contribution in [2.75, 3.05) is 13.1 Å². The van der Waals surface area contributed by atoms with Crippen molar-refractivity contribution in [3.8, 4) is 0 Å². The minimum absolute atomic E-state index is 0.0282. The fourth-order valence-electron chi connectivity index (χ4n) is 1.66. The largest absolute Gasteiger partial charge is 0.480 e. The first-order valence-electron chi connectivity index (χ1n) is 6.72. The second-order valence-corrected chi connectivity index (χ2v) is 4.51. The molecule has 0 aromatic rings. The molecule has 2 amide bonds. The van der Waals surface area contributed by atoms with Crippen molar-refractivity contribution >= 4 is 17.8 Å². The molecule has 0 unspecified atom stereocenters. The Morgan fingerprint density at radius 2 is 1.63 bits per heavy atom. The number of nitrogens with one attached hydrogen (secondary N) is 1. The monoisotopic (exact) mass is 272 g/mol. The second-order valence-electron chi connectivity index (χ2n) is 4.51. The maximum atomic E-state index is 11.9. The molecule has 0 aliphatic carbocycles. The summed E-state index contributed by atoms with van der Waals surface area (Å²) in [6, 6.07) is -0.926. The van der Waals surface area contributed by atoms with Crippen molar-refractivity contribution in [1.82, 2.24) is 10.2 Å². The highest BCUT2D eigenvalue weighted by molar-refractivity contribution is 5.86. The van der Waals surface area contributed by atoms with Gasteiger partial charge >= 0.3 is 5.97 Å². The number of carbonyl (C=O) groups is 3. The van der Waals surface area contributed by atoms with Gasteiger partial charge in [-0.15, -0.1) is 0 Å². The fraction of sp³-hybridized carbons (Fsp3) is 0.769. The van der Waals surface area contributed by atoms with Crippen molar-refractivity contribution < 1.29 is 19.5 Å². The topological polar surface area (TPSA) is 86.7 Å². The van der Waals surface area contributed by atoms with E-state index in [1.54, 1.807) is 4.90 Å². The number of hydrogen-bond acceptors (Lipinski definition) is 3. The predicted molar refractivity (Wildman–Crippen MR) is 71.6 cm³/mol. The van der Waals surface area contributed by atoms with Crippen LogP contribution in [0.1, 0.15) is 46.5 Å². The molecule has 0 radical (unpaired) electrons. The number of aliphatic carboxylic acids is 1. The average Bonchev–Trinajstić information content (AvgIpc) is 2.35. The van der Waals surface area contributed by atoms with Gasteiger partial charge in [-0.25, -0.2) is 0 Å². The molecule has 0 aromatic carbocycles. The summed E-state index contributed by atoms with van der Waals surface area (Å²) in [5.41, 5.74) is 0. The van der Waals surface area contributed by atoms with E-state index in [0.29, 0.717) is 13.1 Å². The lowest BCUT2D eigenvalue weighted by Crippen LogP contribution is -2.39. The fourth-order valence-corrected chi connectivity index (χ4v) is 1.66. The van der Waals surface area contributed by atoms with E-state index in [2.05, 4.69) is 5.32 Å². The quantitative estimate of drug-likeness (QED) is 0.655. The Hall–Kier alpha value is -1.59. The lowest BCUT2D eigenvalue weighted by molar-refractivity contribution is -0.141. The third-order valence-corrected chi connectivity index (χ3v) is 2.65. The summed E-state index contributed by atoms with van der Waals surface area (Å²) >= 11 is 0. The molecule has 0 aliphatic heterocycles. The van der Waals surface area contributed by atoms with Crippen LogP contribution in [0.2, 0.25) is 0 Å². The van der Waals surface area contributed by atoms with Crippen LogP contribution in [0.3, 0.4) is 0 Å². The van der Waals surface area contributed by atoms with Crippen molar-refractivity contribution in [3.05, 3.63) is 0 Å². The van der Waals surface area contributed by atoms with E-state index < -0.39 is 17.9 Å². The molecule has 0 saturated carbocycles. The van der Waals surface area contributed by atoms with Gasteiger partial charge in [0.15, 0.2) is 0 Å². The molecule has 0 fully saturated rings. The summed E-state index contributed by atoms with van der Waals surface area (Å²) in [7, 11) is 0. The molecule has 6 heteroatoms. The van der Waals surface area contributed by atoms with Gasteiger partial charge in [-0.3, -0.25) is 14.4 Å². The molecule has 0 bridgehead atoms. The first-order chi connectivity index (χ1) is 8.92. The molecular weight excluding hydrogens is 248 g/mol. The molecule has 1 atom stereocenters. The molecule has 0 heterocycles. The van der Waals surface area contributed by atoms with Crippen LogP contribution in [0.4, 0.5) is 0 Å². The molecule has 0 aliphatic rings. The zero-order valence-electron chi connectivity index (χ0n) is 11.9. The van der Waals surface area contributed by atoms with Gasteiger partial charge in [0.2, 0.25) is 11.8 Å². The van der Waals surface area contributed by atoms with Crippen LogP contribution < -0.4 is 5.32 Å². The first kappa shape index (κ1) is 17.4. The van der Waals surface area contributed by atoms with Gasteiger partial charge in [0.05, 0.1) is 0 Å². The molecule has 110 valence electrons. The molecule has 0 rings (SSSR count). The Kier molecular flexibility index (Phi) is 8.57. The van der Waals surface area contributed by atoms with Crippen LogP contribution in [0.5, 0.6) is 0 Å². The highest BCUT2D eigenvalue weighted by Crippen LogP contribution is 2.01. The predicted octanol–water partition coefficient (Wildman–Crippen LogP) is 1.00. The Morgan fingerprint density at radius 1 is 1.11 bits per heavy atom. The van der Waals surface area contributed by atoms with Gasteiger partial charge in [0.1, 0.15) is 6.04 Å². The van der Waals surface area contributed by atoms with E-state index in [1.165, 1.54) is 6.92 Å². The van der Waals surface area contributed by atoms with Gasteiger partial charge in [-0.1, -0.05) is 13.8 Å². The standard InChI is InChI=1S/C13H24N2O4/c1-4-8-15(9-5-2)12(17)7-6-11(16)14-10(3)13(18)19/h10H,4-9H2,1-3H3,(H,14,16)(H,18,19)/t10-/m0/s1. The van der Waals surface area contributed by atoms with Crippen LogP contribution in [-0.4, -0.2) is 46.9 Å². The number of amides is 2. The summed E-state index contributed by atoms with van der Waals surface area (Å²) in [5, 5.41) is 11.0. The second kappa shape index (κ2) is 9.35. The van der Waals surface area contributed by atoms with Gasteiger partial charge in [0.25, 0.3) is 0 Å². The smallest absolute Gasteiger partial charge is 0.325 e. The minimum atomic E-state index is -1.08. The highest BCUT2D eigenvalue weighted by Gasteiger charge is 2.17. The van der Waals surface area contributed by atoms with Crippen LogP contribution >= 0.6 is 0 Å². The zero-order valence-corrected chi connectivity index (χ0v) is 11.9. The van der Waals surface area contributed by atoms with E-state index in [0.717, 1.165) is 12.8 Å². The number of carboxylic acids is 1. The van der Waals surface area contributed by atoms with Crippen molar-refractivity contribution in [3.63, 3.8) is 0 Å². The Bertz CT molecular complexity index is 312. The molecule has 2 N–H and O–H groups in total. The Morgan fingerprint density at radius 3 is 2.05 bits per heavy atom. The van der Waals surface area contributed by atoms with Crippen LogP contribution in [0.25, 0.3) is 0 Å². The highest BCUT2D eigenvalue weighted by atomic mass is 16.4. The van der Waals surface area contributed by atoms with E-state index in [-0.39, 0.29) is 18.7 Å². The molecule has 0 spiro atoms. The van der Waals surface area contributed by atoms with Gasteiger partial charge in [0, 0.05) is 25.9 Å². The summed E-state index contributed by atoms with van der Waals surface area (Å²) in [6.45, 7) is 6.77. The third-order valence-electron chi connectivity index (χ3n) is 2.65. The molecule has 0 saturated heterocycles. The van der Waals surface area contributed by atoms with Crippen molar-refractivity contribution in [1.29, 1.82) is 0 Å². The number of hydrogen-bond donors (Lipinski definition) is 2. The molecule has 19 heavy (non-hydrogen) atoms. The van der Waals surface area contributed by atoms with Crippen LogP contribution in [0, 0.1) is 0 Å². The van der Waals surface area contributed by atoms with Crippen molar-refractivity contribution in [2.45, 2.75) is 52.5 Å². The van der Waals surface area contributed by atoms with Gasteiger partial charge < -0.3 is 15.3 Å². The van der Waals surface area contributed by atoms with Gasteiger partial charge in [-0.05, 0) is 19.8 Å². The van der Waals surface area contributed by atoms with E-state index in [4.69, 9.17) is 5.11 Å². The summed E-state index contributed by atoms with van der Waals surface area (Å²) < 4.78 is 0. The van der Waals surface area contributed by atoms with Crippen LogP contribution in [-0.2, 0) is 14.4 Å². The third kappa shape index (κ3) is 7.43. The Labute approximate surface area is 114 Å². The maximum absolute atomic E-state index is 11.9. The first-order valence-corrected chi connectivity index (χ1v) is 6.72. The summed E-state index contributed by atoms with van der Waals surface area (Å²) in [6.07, 6.45) is 1.92.